The van der Waals surface area contributed by atoms with Crippen LogP contribution in [0.5, 0.6) is 0 Å². The molecule has 4 rings (SSSR count). The fourth-order valence-corrected chi connectivity index (χ4v) is 3.26. The summed E-state index contributed by atoms with van der Waals surface area (Å²) in [5.41, 5.74) is 2.61. The Morgan fingerprint density at radius 1 is 0.964 bits per heavy atom. The van der Waals surface area contributed by atoms with Gasteiger partial charge >= 0.3 is 0 Å². The average Bonchev–Trinajstić information content (AvgIpc) is 2.76. The Hall–Kier alpha value is -3.50. The zero-order valence-electron chi connectivity index (χ0n) is 15.5. The van der Waals surface area contributed by atoms with E-state index >= 15 is 0 Å². The summed E-state index contributed by atoms with van der Waals surface area (Å²) in [6, 6.07) is 20.0. The molecular weight excluding hydrogens is 350 g/mol. The highest BCUT2D eigenvalue weighted by Crippen LogP contribution is 2.20. The molecular formula is C21H21N7. The number of anilines is 3. The molecule has 0 spiro atoms. The zero-order valence-corrected chi connectivity index (χ0v) is 15.5. The van der Waals surface area contributed by atoms with Gasteiger partial charge in [0.2, 0.25) is 5.95 Å². The predicted molar refractivity (Wildman–Crippen MR) is 108 cm³/mol. The molecule has 7 nitrogen and oxygen atoms in total. The molecule has 0 radical (unpaired) electrons. The lowest BCUT2D eigenvalue weighted by atomic mass is 10.2. The van der Waals surface area contributed by atoms with Crippen LogP contribution in [0.25, 0.3) is 0 Å². The predicted octanol–water partition coefficient (Wildman–Crippen LogP) is 2.81. The molecule has 140 valence electrons. The van der Waals surface area contributed by atoms with E-state index in [4.69, 9.17) is 0 Å². The third-order valence-electron chi connectivity index (χ3n) is 4.76. The van der Waals surface area contributed by atoms with Crippen molar-refractivity contribution in [3.63, 3.8) is 0 Å². The van der Waals surface area contributed by atoms with Gasteiger partial charge in [-0.2, -0.15) is 15.3 Å². The molecule has 1 aliphatic heterocycles. The van der Waals surface area contributed by atoms with Crippen molar-refractivity contribution in [1.29, 1.82) is 5.26 Å². The van der Waals surface area contributed by atoms with E-state index in [2.05, 4.69) is 60.6 Å². The molecule has 0 saturated carbocycles. The van der Waals surface area contributed by atoms with Crippen LogP contribution in [-0.4, -0.2) is 46.3 Å². The molecule has 1 aliphatic rings. The highest BCUT2D eigenvalue weighted by molar-refractivity contribution is 5.64. The molecule has 0 aliphatic carbocycles. The summed E-state index contributed by atoms with van der Waals surface area (Å²) < 4.78 is 0. The second kappa shape index (κ2) is 8.46. The van der Waals surface area contributed by atoms with Gasteiger partial charge in [0.25, 0.3) is 0 Å². The zero-order chi connectivity index (χ0) is 19.2. The molecule has 28 heavy (non-hydrogen) atoms. The van der Waals surface area contributed by atoms with E-state index in [1.807, 2.05) is 24.3 Å². The van der Waals surface area contributed by atoms with Crippen molar-refractivity contribution in [2.24, 2.45) is 0 Å². The Bertz CT molecular complexity index is 960. The Morgan fingerprint density at radius 3 is 2.50 bits per heavy atom. The average molecular weight is 371 g/mol. The second-order valence-electron chi connectivity index (χ2n) is 6.67. The SMILES string of the molecule is N#Cc1ccccc1Nc1cnnc(N2CCN(Cc3ccccc3)CC2)n1. The molecule has 0 amide bonds. The van der Waals surface area contributed by atoms with Crippen LogP contribution in [0.15, 0.2) is 60.8 Å². The van der Waals surface area contributed by atoms with Crippen LogP contribution in [0.2, 0.25) is 0 Å². The molecule has 0 unspecified atom stereocenters. The first-order chi connectivity index (χ1) is 13.8. The molecule has 1 fully saturated rings. The maximum atomic E-state index is 9.23. The van der Waals surface area contributed by atoms with Crippen molar-refractivity contribution in [2.45, 2.75) is 6.54 Å². The van der Waals surface area contributed by atoms with Crippen molar-refractivity contribution in [1.82, 2.24) is 20.1 Å². The Kier molecular flexibility index (Phi) is 5.41. The number of para-hydroxylation sites is 1. The Morgan fingerprint density at radius 2 is 1.71 bits per heavy atom. The molecule has 3 aromatic rings. The second-order valence-corrected chi connectivity index (χ2v) is 6.67. The number of benzene rings is 2. The van der Waals surface area contributed by atoms with Gasteiger partial charge in [-0.3, -0.25) is 4.90 Å². The van der Waals surface area contributed by atoms with E-state index in [9.17, 15) is 5.26 Å². The minimum absolute atomic E-state index is 0.567. The van der Waals surface area contributed by atoms with Crippen LogP contribution in [0.1, 0.15) is 11.1 Å². The van der Waals surface area contributed by atoms with Gasteiger partial charge in [-0.15, -0.1) is 5.10 Å². The van der Waals surface area contributed by atoms with Crippen LogP contribution in [0, 0.1) is 11.3 Å². The lowest BCUT2D eigenvalue weighted by Crippen LogP contribution is -2.46. The summed E-state index contributed by atoms with van der Waals surface area (Å²) in [5, 5.41) is 20.7. The quantitative estimate of drug-likeness (QED) is 0.738. The Labute approximate surface area is 164 Å². The molecule has 2 heterocycles. The molecule has 1 aromatic heterocycles. The van der Waals surface area contributed by atoms with Crippen molar-refractivity contribution < 1.29 is 0 Å². The van der Waals surface area contributed by atoms with Gasteiger partial charge in [0.15, 0.2) is 5.82 Å². The summed E-state index contributed by atoms with van der Waals surface area (Å²) in [6.07, 6.45) is 1.57. The first kappa shape index (κ1) is 17.9. The van der Waals surface area contributed by atoms with Crippen LogP contribution in [0.3, 0.4) is 0 Å². The molecule has 1 saturated heterocycles. The summed E-state index contributed by atoms with van der Waals surface area (Å²) >= 11 is 0. The maximum Gasteiger partial charge on any atom is 0.247 e. The van der Waals surface area contributed by atoms with Crippen molar-refractivity contribution in [3.8, 4) is 6.07 Å². The fourth-order valence-electron chi connectivity index (χ4n) is 3.26. The van der Waals surface area contributed by atoms with Crippen molar-refractivity contribution >= 4 is 17.5 Å². The van der Waals surface area contributed by atoms with Crippen molar-refractivity contribution in [2.75, 3.05) is 36.4 Å². The van der Waals surface area contributed by atoms with Gasteiger partial charge in [0.05, 0.1) is 17.4 Å². The van der Waals surface area contributed by atoms with Crippen LogP contribution < -0.4 is 10.2 Å². The molecule has 0 atom stereocenters. The van der Waals surface area contributed by atoms with E-state index in [0.29, 0.717) is 23.0 Å². The first-order valence-electron chi connectivity index (χ1n) is 9.29. The normalized spacial score (nSPS) is 14.5. The number of hydrogen-bond donors (Lipinski definition) is 1. The van der Waals surface area contributed by atoms with E-state index in [0.717, 1.165) is 32.7 Å². The minimum Gasteiger partial charge on any atom is -0.338 e. The van der Waals surface area contributed by atoms with Crippen LogP contribution >= 0.6 is 0 Å². The highest BCUT2D eigenvalue weighted by atomic mass is 15.4. The highest BCUT2D eigenvalue weighted by Gasteiger charge is 2.19. The molecule has 2 aromatic carbocycles. The van der Waals surface area contributed by atoms with Crippen molar-refractivity contribution in [3.05, 3.63) is 71.9 Å². The summed E-state index contributed by atoms with van der Waals surface area (Å²) in [6.45, 7) is 4.57. The fraction of sp³-hybridized carbons (Fsp3) is 0.238. The van der Waals surface area contributed by atoms with Gasteiger partial charge < -0.3 is 10.2 Å². The van der Waals surface area contributed by atoms with Crippen LogP contribution in [-0.2, 0) is 6.54 Å². The molecule has 7 heteroatoms. The number of nitriles is 1. The first-order valence-corrected chi connectivity index (χ1v) is 9.29. The number of piperazine rings is 1. The largest absolute Gasteiger partial charge is 0.338 e. The standard InChI is InChI=1S/C21H21N7/c22-14-18-8-4-5-9-19(18)24-20-15-23-26-21(25-20)28-12-10-27(11-13-28)16-17-6-2-1-3-7-17/h1-9,15H,10-13,16H2,(H,24,25,26). The lowest BCUT2D eigenvalue weighted by Gasteiger charge is -2.34. The van der Waals surface area contributed by atoms with Gasteiger partial charge in [-0.1, -0.05) is 42.5 Å². The molecule has 0 bridgehead atoms. The van der Waals surface area contributed by atoms with E-state index in [1.165, 1.54) is 5.56 Å². The van der Waals surface area contributed by atoms with Gasteiger partial charge in [0, 0.05) is 32.7 Å². The summed E-state index contributed by atoms with van der Waals surface area (Å²) in [5.74, 6) is 1.19. The lowest BCUT2D eigenvalue weighted by molar-refractivity contribution is 0.248. The number of nitrogens with zero attached hydrogens (tertiary/aromatic N) is 6. The van der Waals surface area contributed by atoms with Gasteiger partial charge in [-0.25, -0.2) is 0 Å². The third kappa shape index (κ3) is 4.24. The van der Waals surface area contributed by atoms with Crippen LogP contribution in [0.4, 0.5) is 17.5 Å². The number of rotatable bonds is 5. The van der Waals surface area contributed by atoms with E-state index < -0.39 is 0 Å². The number of nitrogens with one attached hydrogen (secondary N) is 1. The maximum absolute atomic E-state index is 9.23. The smallest absolute Gasteiger partial charge is 0.247 e. The summed E-state index contributed by atoms with van der Waals surface area (Å²) in [7, 11) is 0. The number of hydrogen-bond acceptors (Lipinski definition) is 7. The summed E-state index contributed by atoms with van der Waals surface area (Å²) in [4.78, 5) is 9.17. The third-order valence-corrected chi connectivity index (χ3v) is 4.76. The van der Waals surface area contributed by atoms with Gasteiger partial charge in [-0.05, 0) is 17.7 Å². The minimum atomic E-state index is 0.567. The van der Waals surface area contributed by atoms with E-state index in [1.54, 1.807) is 12.3 Å². The topological polar surface area (TPSA) is 81.0 Å². The number of aromatic nitrogens is 3. The van der Waals surface area contributed by atoms with Gasteiger partial charge in [0.1, 0.15) is 6.07 Å². The van der Waals surface area contributed by atoms with E-state index in [-0.39, 0.29) is 0 Å². The Balaban J connectivity index is 1.39. The monoisotopic (exact) mass is 371 g/mol. The molecule has 1 N–H and O–H groups in total.